The van der Waals surface area contributed by atoms with Crippen molar-refractivity contribution in [1.29, 1.82) is 0 Å². The van der Waals surface area contributed by atoms with E-state index in [1.54, 1.807) is 0 Å². The number of rotatable bonds is 2. The summed E-state index contributed by atoms with van der Waals surface area (Å²) in [5.74, 6) is 0. The van der Waals surface area contributed by atoms with Gasteiger partial charge in [0.05, 0.1) is 12.2 Å². The summed E-state index contributed by atoms with van der Waals surface area (Å²) < 4.78 is 5.78. The van der Waals surface area contributed by atoms with Crippen molar-refractivity contribution < 1.29 is 4.74 Å². The van der Waals surface area contributed by atoms with Gasteiger partial charge in [-0.1, -0.05) is 12.8 Å². The Balaban J connectivity index is 2.07. The third-order valence-corrected chi connectivity index (χ3v) is 4.00. The zero-order valence-electron chi connectivity index (χ0n) is 10.0. The molecule has 1 heterocycles. The highest BCUT2D eigenvalue weighted by atomic mass is 16.5. The SMILES string of the molecule is C[C@@H]1CN(C2(CN)CCCC2)C[C@H](C)O1. The first-order valence-corrected chi connectivity index (χ1v) is 6.27. The third-order valence-electron chi connectivity index (χ3n) is 4.00. The van der Waals surface area contributed by atoms with E-state index in [-0.39, 0.29) is 0 Å². The van der Waals surface area contributed by atoms with E-state index in [1.165, 1.54) is 25.7 Å². The van der Waals surface area contributed by atoms with Crippen LogP contribution in [0.2, 0.25) is 0 Å². The molecule has 2 rings (SSSR count). The van der Waals surface area contributed by atoms with Crippen molar-refractivity contribution in [2.45, 2.75) is 57.3 Å². The normalized spacial score (nSPS) is 37.0. The molecule has 0 aromatic heterocycles. The van der Waals surface area contributed by atoms with Gasteiger partial charge in [-0.25, -0.2) is 0 Å². The van der Waals surface area contributed by atoms with E-state index in [9.17, 15) is 0 Å². The second kappa shape index (κ2) is 4.40. The van der Waals surface area contributed by atoms with Crippen LogP contribution in [0.15, 0.2) is 0 Å². The van der Waals surface area contributed by atoms with Crippen molar-refractivity contribution >= 4 is 0 Å². The van der Waals surface area contributed by atoms with Gasteiger partial charge in [0.2, 0.25) is 0 Å². The quantitative estimate of drug-likeness (QED) is 0.751. The van der Waals surface area contributed by atoms with Crippen molar-refractivity contribution in [2.75, 3.05) is 19.6 Å². The number of hydrogen-bond donors (Lipinski definition) is 1. The molecule has 1 saturated carbocycles. The Kier molecular flexibility index (Phi) is 3.33. The molecule has 0 unspecified atom stereocenters. The Bertz CT molecular complexity index is 204. The van der Waals surface area contributed by atoms with Gasteiger partial charge >= 0.3 is 0 Å². The number of hydrogen-bond acceptors (Lipinski definition) is 3. The molecule has 1 saturated heterocycles. The molecule has 0 radical (unpaired) electrons. The molecular weight excluding hydrogens is 188 g/mol. The Morgan fingerprint density at radius 2 is 1.73 bits per heavy atom. The van der Waals surface area contributed by atoms with Crippen LogP contribution in [0.5, 0.6) is 0 Å². The molecule has 2 fully saturated rings. The number of nitrogens with two attached hydrogens (primary N) is 1. The average Bonchev–Trinajstić information content (AvgIpc) is 2.65. The number of nitrogens with zero attached hydrogens (tertiary/aromatic N) is 1. The zero-order valence-corrected chi connectivity index (χ0v) is 10.0. The molecule has 2 atom stereocenters. The van der Waals surface area contributed by atoms with Crippen LogP contribution in [-0.4, -0.2) is 42.3 Å². The summed E-state index contributed by atoms with van der Waals surface area (Å²) in [7, 11) is 0. The van der Waals surface area contributed by atoms with Crippen LogP contribution in [0.3, 0.4) is 0 Å². The Morgan fingerprint density at radius 3 is 2.20 bits per heavy atom. The standard InChI is InChI=1S/C12H24N2O/c1-10-7-14(8-11(2)15-10)12(9-13)5-3-4-6-12/h10-11H,3-9,13H2,1-2H3/t10-,11+. The Labute approximate surface area is 93.0 Å². The summed E-state index contributed by atoms with van der Waals surface area (Å²) in [6, 6.07) is 0. The van der Waals surface area contributed by atoms with Crippen LogP contribution in [0.25, 0.3) is 0 Å². The van der Waals surface area contributed by atoms with Crippen molar-refractivity contribution in [3.8, 4) is 0 Å². The third kappa shape index (κ3) is 2.19. The van der Waals surface area contributed by atoms with E-state index in [0.717, 1.165) is 19.6 Å². The van der Waals surface area contributed by atoms with E-state index in [0.29, 0.717) is 17.7 Å². The smallest absolute Gasteiger partial charge is 0.0678 e. The monoisotopic (exact) mass is 212 g/mol. The van der Waals surface area contributed by atoms with Crippen LogP contribution < -0.4 is 5.73 Å². The minimum atomic E-state index is 0.298. The molecule has 3 heteroatoms. The molecule has 0 spiro atoms. The molecule has 88 valence electrons. The number of morpholine rings is 1. The van der Waals surface area contributed by atoms with E-state index in [2.05, 4.69) is 18.7 Å². The topological polar surface area (TPSA) is 38.5 Å². The maximum Gasteiger partial charge on any atom is 0.0678 e. The molecule has 15 heavy (non-hydrogen) atoms. The fourth-order valence-corrected chi connectivity index (χ4v) is 3.25. The fourth-order valence-electron chi connectivity index (χ4n) is 3.25. The van der Waals surface area contributed by atoms with Crippen LogP contribution in [0, 0.1) is 0 Å². The molecular formula is C12H24N2O. The molecule has 0 amide bonds. The maximum absolute atomic E-state index is 6.01. The first kappa shape index (κ1) is 11.4. The largest absolute Gasteiger partial charge is 0.373 e. The lowest BCUT2D eigenvalue weighted by Gasteiger charge is -2.46. The van der Waals surface area contributed by atoms with Gasteiger partial charge in [-0.2, -0.15) is 0 Å². The first-order valence-electron chi connectivity index (χ1n) is 6.27. The van der Waals surface area contributed by atoms with Crippen LogP contribution >= 0.6 is 0 Å². The highest BCUT2D eigenvalue weighted by Gasteiger charge is 2.41. The molecule has 1 aliphatic heterocycles. The molecule has 0 aromatic rings. The second-order valence-electron chi connectivity index (χ2n) is 5.30. The minimum Gasteiger partial charge on any atom is -0.373 e. The summed E-state index contributed by atoms with van der Waals surface area (Å²) in [5, 5.41) is 0. The van der Waals surface area contributed by atoms with Gasteiger partial charge in [0.1, 0.15) is 0 Å². The first-order chi connectivity index (χ1) is 7.16. The maximum atomic E-state index is 6.01. The predicted octanol–water partition coefficient (Wildman–Crippen LogP) is 1.37. The molecule has 0 bridgehead atoms. The van der Waals surface area contributed by atoms with Gasteiger partial charge in [0.25, 0.3) is 0 Å². The summed E-state index contributed by atoms with van der Waals surface area (Å²) in [6.07, 6.45) is 5.97. The summed E-state index contributed by atoms with van der Waals surface area (Å²) in [4.78, 5) is 2.60. The lowest BCUT2D eigenvalue weighted by molar-refractivity contribution is -0.0995. The van der Waals surface area contributed by atoms with E-state index >= 15 is 0 Å². The number of ether oxygens (including phenoxy) is 1. The Hall–Kier alpha value is -0.120. The van der Waals surface area contributed by atoms with E-state index in [4.69, 9.17) is 10.5 Å². The highest BCUT2D eigenvalue weighted by molar-refractivity contribution is 4.98. The van der Waals surface area contributed by atoms with Crippen LogP contribution in [0.4, 0.5) is 0 Å². The lowest BCUT2D eigenvalue weighted by atomic mass is 9.93. The van der Waals surface area contributed by atoms with Gasteiger partial charge in [-0.05, 0) is 26.7 Å². The van der Waals surface area contributed by atoms with Gasteiger partial charge in [0, 0.05) is 25.2 Å². The average molecular weight is 212 g/mol. The van der Waals surface area contributed by atoms with Crippen molar-refractivity contribution in [3.05, 3.63) is 0 Å². The van der Waals surface area contributed by atoms with Gasteiger partial charge in [0.15, 0.2) is 0 Å². The lowest BCUT2D eigenvalue weighted by Crippen LogP contribution is -2.59. The van der Waals surface area contributed by atoms with E-state index in [1.807, 2.05) is 0 Å². The summed E-state index contributed by atoms with van der Waals surface area (Å²) in [6.45, 7) is 7.26. The summed E-state index contributed by atoms with van der Waals surface area (Å²) >= 11 is 0. The van der Waals surface area contributed by atoms with Crippen LogP contribution in [0.1, 0.15) is 39.5 Å². The summed E-state index contributed by atoms with van der Waals surface area (Å²) in [5.41, 5.74) is 6.31. The molecule has 2 N–H and O–H groups in total. The van der Waals surface area contributed by atoms with Crippen molar-refractivity contribution in [1.82, 2.24) is 4.90 Å². The molecule has 3 nitrogen and oxygen atoms in total. The molecule has 2 aliphatic rings. The highest BCUT2D eigenvalue weighted by Crippen LogP contribution is 2.36. The van der Waals surface area contributed by atoms with Gasteiger partial charge < -0.3 is 10.5 Å². The Morgan fingerprint density at radius 1 is 1.20 bits per heavy atom. The minimum absolute atomic E-state index is 0.298. The second-order valence-corrected chi connectivity index (χ2v) is 5.30. The van der Waals surface area contributed by atoms with Crippen LogP contribution in [-0.2, 0) is 4.74 Å². The molecule has 1 aliphatic carbocycles. The fraction of sp³-hybridized carbons (Fsp3) is 1.00. The molecule has 0 aromatic carbocycles. The predicted molar refractivity (Wildman–Crippen MR) is 61.8 cm³/mol. The van der Waals surface area contributed by atoms with Crippen molar-refractivity contribution in [3.63, 3.8) is 0 Å². The van der Waals surface area contributed by atoms with Gasteiger partial charge in [-0.3, -0.25) is 4.90 Å². The van der Waals surface area contributed by atoms with Crippen molar-refractivity contribution in [2.24, 2.45) is 5.73 Å². The van der Waals surface area contributed by atoms with Gasteiger partial charge in [-0.15, -0.1) is 0 Å². The van der Waals surface area contributed by atoms with E-state index < -0.39 is 0 Å². The zero-order chi connectivity index (χ0) is 10.9.